The molecular weight excluding hydrogens is 447 g/mol. The van der Waals surface area contributed by atoms with Crippen LogP contribution in [0.5, 0.6) is 5.75 Å². The van der Waals surface area contributed by atoms with Gasteiger partial charge in [-0.3, -0.25) is 4.79 Å². The topological polar surface area (TPSA) is 81.7 Å². The van der Waals surface area contributed by atoms with Crippen molar-refractivity contribution in [3.05, 3.63) is 59.7 Å². The lowest BCUT2D eigenvalue weighted by Crippen LogP contribution is -2.44. The highest BCUT2D eigenvalue weighted by Gasteiger charge is 2.46. The van der Waals surface area contributed by atoms with E-state index in [1.165, 1.54) is 0 Å². The smallest absolute Gasteiger partial charge is 0.494 e. The van der Waals surface area contributed by atoms with Crippen LogP contribution in [0.4, 0.5) is 13.2 Å². The fourth-order valence-electron chi connectivity index (χ4n) is 3.67. The Bertz CT molecular complexity index is 1030. The second-order valence-corrected chi connectivity index (χ2v) is 9.45. The minimum Gasteiger partial charge on any atom is -0.494 e. The molecule has 1 amide bonds. The van der Waals surface area contributed by atoms with Crippen molar-refractivity contribution in [2.75, 3.05) is 26.4 Å². The maximum absolute atomic E-state index is 12.7. The first kappa shape index (κ1) is 24.1. The van der Waals surface area contributed by atoms with Gasteiger partial charge in [0.15, 0.2) is 0 Å². The van der Waals surface area contributed by atoms with Crippen molar-refractivity contribution in [3.8, 4) is 5.75 Å². The van der Waals surface area contributed by atoms with Gasteiger partial charge in [-0.1, -0.05) is 12.1 Å². The molecule has 6 nitrogen and oxygen atoms in total. The number of carbonyl (C=O) groups is 1. The number of hydrogen-bond donors (Lipinski definition) is 1. The van der Waals surface area contributed by atoms with Crippen LogP contribution in [0.1, 0.15) is 35.7 Å². The molecule has 0 aliphatic carbocycles. The Balaban J connectivity index is 1.74. The summed E-state index contributed by atoms with van der Waals surface area (Å²) in [5.41, 5.74) is -4.67. The molecule has 1 N–H and O–H groups in total. The first-order chi connectivity index (χ1) is 15.1. The highest BCUT2D eigenvalue weighted by molar-refractivity contribution is 7.92. The molecule has 0 aromatic heterocycles. The van der Waals surface area contributed by atoms with E-state index in [1.54, 1.807) is 0 Å². The maximum atomic E-state index is 12.7. The average Bonchev–Trinajstić information content (AvgIpc) is 2.78. The fourth-order valence-corrected chi connectivity index (χ4v) is 4.43. The highest BCUT2D eigenvalue weighted by atomic mass is 32.2. The van der Waals surface area contributed by atoms with Gasteiger partial charge in [-0.15, -0.1) is 0 Å². The molecule has 0 saturated carbocycles. The van der Waals surface area contributed by atoms with E-state index in [-0.39, 0.29) is 11.0 Å². The maximum Gasteiger partial charge on any atom is 0.501 e. The number of carbonyl (C=O) groups excluding carboxylic acids is 1. The van der Waals surface area contributed by atoms with Crippen molar-refractivity contribution in [2.45, 2.75) is 35.6 Å². The minimum atomic E-state index is -5.46. The van der Waals surface area contributed by atoms with Crippen LogP contribution in [-0.4, -0.2) is 46.2 Å². The number of halogens is 3. The zero-order valence-corrected chi connectivity index (χ0v) is 18.3. The van der Waals surface area contributed by atoms with Crippen LogP contribution in [-0.2, 0) is 20.0 Å². The standard InChI is InChI=1S/C22H24F3NO5S/c1-2-31-18-7-5-17(6-8-18)21(11-13-30-14-12-21)15-26-20(27)16-3-9-19(10-4-16)32(28,29)22(23,24)25/h3-10H,2,11-15H2,1H3,(H,26,27). The Labute approximate surface area is 184 Å². The van der Waals surface area contributed by atoms with Crippen molar-refractivity contribution >= 4 is 15.7 Å². The molecule has 1 fully saturated rings. The number of nitrogens with one attached hydrogen (secondary N) is 1. The first-order valence-corrected chi connectivity index (χ1v) is 11.6. The Morgan fingerprint density at radius 1 is 1.06 bits per heavy atom. The molecule has 1 heterocycles. The quantitative estimate of drug-likeness (QED) is 0.663. The van der Waals surface area contributed by atoms with Crippen molar-refractivity contribution < 1.29 is 35.9 Å². The van der Waals surface area contributed by atoms with Crippen LogP contribution >= 0.6 is 0 Å². The second kappa shape index (κ2) is 9.50. The zero-order chi connectivity index (χ0) is 23.4. The molecule has 1 aliphatic rings. The van der Waals surface area contributed by atoms with Crippen LogP contribution in [0.25, 0.3) is 0 Å². The first-order valence-electron chi connectivity index (χ1n) is 10.1. The van der Waals surface area contributed by atoms with E-state index in [2.05, 4.69) is 5.32 Å². The van der Waals surface area contributed by atoms with Crippen molar-refractivity contribution in [3.63, 3.8) is 0 Å². The fraction of sp³-hybridized carbons (Fsp3) is 0.409. The largest absolute Gasteiger partial charge is 0.501 e. The molecule has 0 bridgehead atoms. The van der Waals surface area contributed by atoms with Gasteiger partial charge in [0, 0.05) is 30.7 Å². The third-order valence-corrected chi connectivity index (χ3v) is 7.05. The molecule has 1 saturated heterocycles. The van der Waals surface area contributed by atoms with Gasteiger partial charge in [0.05, 0.1) is 11.5 Å². The van der Waals surface area contributed by atoms with Crippen LogP contribution in [0.15, 0.2) is 53.4 Å². The normalized spacial score (nSPS) is 16.4. The van der Waals surface area contributed by atoms with Crippen LogP contribution in [0.2, 0.25) is 0 Å². The molecule has 174 valence electrons. The summed E-state index contributed by atoms with van der Waals surface area (Å²) in [5.74, 6) is 0.245. The summed E-state index contributed by atoms with van der Waals surface area (Å²) in [6.45, 7) is 3.82. The van der Waals surface area contributed by atoms with E-state index >= 15 is 0 Å². The molecule has 2 aromatic rings. The molecular formula is C22H24F3NO5S. The number of amides is 1. The van der Waals surface area contributed by atoms with Gasteiger partial charge >= 0.3 is 5.51 Å². The van der Waals surface area contributed by atoms with Crippen molar-refractivity contribution in [2.24, 2.45) is 0 Å². The number of ether oxygens (including phenoxy) is 2. The summed E-state index contributed by atoms with van der Waals surface area (Å²) in [5, 5.41) is 2.84. The lowest BCUT2D eigenvalue weighted by Gasteiger charge is -2.38. The summed E-state index contributed by atoms with van der Waals surface area (Å²) in [7, 11) is -5.46. The van der Waals surface area contributed by atoms with Crippen LogP contribution in [0.3, 0.4) is 0 Å². The molecule has 3 rings (SSSR count). The van der Waals surface area contributed by atoms with E-state index in [4.69, 9.17) is 9.47 Å². The molecule has 0 atom stereocenters. The molecule has 10 heteroatoms. The number of rotatable bonds is 7. The summed E-state index contributed by atoms with van der Waals surface area (Å²) < 4.78 is 72.0. The van der Waals surface area contributed by atoms with Gasteiger partial charge in [0.25, 0.3) is 15.7 Å². The molecule has 0 radical (unpaired) electrons. The predicted molar refractivity (Wildman–Crippen MR) is 111 cm³/mol. The van der Waals surface area contributed by atoms with Crippen molar-refractivity contribution in [1.82, 2.24) is 5.32 Å². The second-order valence-electron chi connectivity index (χ2n) is 7.51. The third kappa shape index (κ3) is 5.07. The molecule has 2 aromatic carbocycles. The zero-order valence-electron chi connectivity index (χ0n) is 17.4. The number of benzene rings is 2. The monoisotopic (exact) mass is 471 g/mol. The van der Waals surface area contributed by atoms with E-state index < -0.39 is 26.1 Å². The van der Waals surface area contributed by atoms with Gasteiger partial charge in [0.1, 0.15) is 5.75 Å². The van der Waals surface area contributed by atoms with Gasteiger partial charge in [-0.25, -0.2) is 8.42 Å². The van der Waals surface area contributed by atoms with Gasteiger partial charge in [-0.05, 0) is 61.7 Å². The number of hydrogen-bond acceptors (Lipinski definition) is 5. The van der Waals surface area contributed by atoms with Gasteiger partial charge < -0.3 is 14.8 Å². The highest BCUT2D eigenvalue weighted by Crippen LogP contribution is 2.35. The summed E-state index contributed by atoms with van der Waals surface area (Å²) in [4.78, 5) is 11.7. The lowest BCUT2D eigenvalue weighted by molar-refractivity contribution is -0.0436. The average molecular weight is 471 g/mol. The third-order valence-electron chi connectivity index (χ3n) is 5.55. The Hall–Kier alpha value is -2.59. The molecule has 32 heavy (non-hydrogen) atoms. The SMILES string of the molecule is CCOc1ccc(C2(CNC(=O)c3ccc(S(=O)(=O)C(F)(F)F)cc3)CCOCC2)cc1. The summed E-state index contributed by atoms with van der Waals surface area (Å²) in [6.07, 6.45) is 1.37. The minimum absolute atomic E-state index is 0.0695. The summed E-state index contributed by atoms with van der Waals surface area (Å²) in [6, 6.07) is 11.4. The van der Waals surface area contributed by atoms with Crippen LogP contribution < -0.4 is 10.1 Å². The van der Waals surface area contributed by atoms with Crippen molar-refractivity contribution in [1.29, 1.82) is 0 Å². The Kier molecular flexibility index (Phi) is 7.14. The Morgan fingerprint density at radius 2 is 1.66 bits per heavy atom. The number of sulfone groups is 1. The van der Waals surface area contributed by atoms with E-state index in [0.717, 1.165) is 35.6 Å². The van der Waals surface area contributed by atoms with E-state index in [1.807, 2.05) is 31.2 Å². The molecule has 1 aliphatic heterocycles. The number of alkyl halides is 3. The molecule has 0 unspecified atom stereocenters. The lowest BCUT2D eigenvalue weighted by atomic mass is 9.74. The Morgan fingerprint density at radius 3 is 2.19 bits per heavy atom. The van der Waals surface area contributed by atoms with Crippen LogP contribution in [0, 0.1) is 0 Å². The summed E-state index contributed by atoms with van der Waals surface area (Å²) >= 11 is 0. The predicted octanol–water partition coefficient (Wildman–Crippen LogP) is 3.86. The van der Waals surface area contributed by atoms with Gasteiger partial charge in [-0.2, -0.15) is 13.2 Å². The van der Waals surface area contributed by atoms with E-state index in [0.29, 0.717) is 39.2 Å². The van der Waals surface area contributed by atoms with E-state index in [9.17, 15) is 26.4 Å². The molecule has 0 spiro atoms. The van der Waals surface area contributed by atoms with Gasteiger partial charge in [0.2, 0.25) is 0 Å².